The van der Waals surface area contributed by atoms with Crippen LogP contribution in [0, 0.1) is 5.82 Å². The first-order valence-electron chi connectivity index (χ1n) is 11.4. The standard InChI is InChI=1S/C23H33FN8.HI/c1-25-22(31-18-16-30(17-19-31)21-6-4-20(24)5-7-21)26-10-3-11-29-12-14-32(15-13-29)23-27-8-2-9-28-23;/h2,4-9H,3,10-19H2,1H3,(H,25,26);1H. The van der Waals surface area contributed by atoms with Crippen molar-refractivity contribution in [3.05, 3.63) is 48.5 Å². The van der Waals surface area contributed by atoms with E-state index in [1.54, 1.807) is 12.4 Å². The van der Waals surface area contributed by atoms with Crippen LogP contribution in [-0.4, -0.2) is 98.2 Å². The van der Waals surface area contributed by atoms with E-state index in [-0.39, 0.29) is 29.8 Å². The minimum Gasteiger partial charge on any atom is -0.368 e. The van der Waals surface area contributed by atoms with Gasteiger partial charge in [-0.2, -0.15) is 0 Å². The summed E-state index contributed by atoms with van der Waals surface area (Å²) < 4.78 is 13.2. The summed E-state index contributed by atoms with van der Waals surface area (Å²) in [5, 5.41) is 3.53. The summed E-state index contributed by atoms with van der Waals surface area (Å²) in [6.45, 7) is 9.62. The Morgan fingerprint density at radius 3 is 2.21 bits per heavy atom. The molecule has 2 fully saturated rings. The Hall–Kier alpha value is -2.21. The minimum absolute atomic E-state index is 0. The number of aromatic nitrogens is 2. The van der Waals surface area contributed by atoms with E-state index in [0.717, 1.165) is 89.5 Å². The number of anilines is 2. The fourth-order valence-electron chi connectivity index (χ4n) is 4.29. The number of piperazine rings is 2. The van der Waals surface area contributed by atoms with Crippen molar-refractivity contribution < 1.29 is 4.39 Å². The van der Waals surface area contributed by atoms with Crippen LogP contribution < -0.4 is 15.1 Å². The van der Waals surface area contributed by atoms with E-state index in [1.807, 2.05) is 25.2 Å². The topological polar surface area (TPSA) is 63.1 Å². The Morgan fingerprint density at radius 2 is 1.58 bits per heavy atom. The fraction of sp³-hybridized carbons (Fsp3) is 0.522. The van der Waals surface area contributed by atoms with Gasteiger partial charge in [-0.3, -0.25) is 9.89 Å². The molecule has 0 atom stereocenters. The molecule has 1 N–H and O–H groups in total. The van der Waals surface area contributed by atoms with Crippen LogP contribution >= 0.6 is 24.0 Å². The molecule has 2 aliphatic rings. The van der Waals surface area contributed by atoms with Crippen molar-refractivity contribution in [2.45, 2.75) is 6.42 Å². The normalized spacial score (nSPS) is 17.6. The largest absolute Gasteiger partial charge is 0.368 e. The molecule has 0 amide bonds. The van der Waals surface area contributed by atoms with Gasteiger partial charge in [-0.05, 0) is 43.3 Å². The van der Waals surface area contributed by atoms with E-state index in [0.29, 0.717) is 0 Å². The van der Waals surface area contributed by atoms with Crippen LogP contribution in [-0.2, 0) is 0 Å². The summed E-state index contributed by atoms with van der Waals surface area (Å²) in [4.78, 5) is 22.5. The second kappa shape index (κ2) is 12.9. The predicted octanol–water partition coefficient (Wildman–Crippen LogP) is 2.14. The molecule has 0 aliphatic carbocycles. The van der Waals surface area contributed by atoms with Gasteiger partial charge in [0.05, 0.1) is 0 Å². The van der Waals surface area contributed by atoms with Gasteiger partial charge in [0.25, 0.3) is 0 Å². The maximum atomic E-state index is 13.2. The molecule has 10 heteroatoms. The lowest BCUT2D eigenvalue weighted by molar-refractivity contribution is 0.253. The zero-order valence-corrected chi connectivity index (χ0v) is 21.6. The lowest BCUT2D eigenvalue weighted by Crippen LogP contribution is -2.53. The van der Waals surface area contributed by atoms with Gasteiger partial charge >= 0.3 is 0 Å². The highest BCUT2D eigenvalue weighted by atomic mass is 127. The molecular weight excluding hydrogens is 534 g/mol. The zero-order valence-electron chi connectivity index (χ0n) is 19.2. The number of rotatable bonds is 6. The maximum absolute atomic E-state index is 13.2. The molecule has 4 rings (SSSR count). The van der Waals surface area contributed by atoms with E-state index in [1.165, 1.54) is 12.1 Å². The van der Waals surface area contributed by atoms with Crippen LogP contribution in [0.2, 0.25) is 0 Å². The number of aliphatic imine (C=N–C) groups is 1. The SMILES string of the molecule is CN=C(NCCCN1CCN(c2ncccn2)CC1)N1CCN(c2ccc(F)cc2)CC1.I. The molecule has 2 aliphatic heterocycles. The van der Waals surface area contributed by atoms with Gasteiger partial charge in [-0.15, -0.1) is 24.0 Å². The summed E-state index contributed by atoms with van der Waals surface area (Å²) in [5.41, 5.74) is 1.08. The molecule has 33 heavy (non-hydrogen) atoms. The van der Waals surface area contributed by atoms with Gasteiger partial charge in [0.15, 0.2) is 5.96 Å². The summed E-state index contributed by atoms with van der Waals surface area (Å²) in [6, 6.07) is 8.61. The smallest absolute Gasteiger partial charge is 0.225 e. The van der Waals surface area contributed by atoms with E-state index in [2.05, 4.69) is 39.9 Å². The molecule has 2 saturated heterocycles. The summed E-state index contributed by atoms with van der Waals surface area (Å²) >= 11 is 0. The average Bonchev–Trinajstić information content (AvgIpc) is 2.86. The zero-order chi connectivity index (χ0) is 22.2. The van der Waals surface area contributed by atoms with E-state index in [9.17, 15) is 4.39 Å². The molecule has 0 spiro atoms. The molecule has 8 nitrogen and oxygen atoms in total. The van der Waals surface area contributed by atoms with Gasteiger partial charge in [-0.1, -0.05) is 0 Å². The van der Waals surface area contributed by atoms with E-state index < -0.39 is 0 Å². The van der Waals surface area contributed by atoms with E-state index in [4.69, 9.17) is 0 Å². The van der Waals surface area contributed by atoms with Crippen molar-refractivity contribution in [1.82, 2.24) is 25.1 Å². The van der Waals surface area contributed by atoms with Crippen LogP contribution in [0.15, 0.2) is 47.7 Å². The molecule has 180 valence electrons. The lowest BCUT2D eigenvalue weighted by Gasteiger charge is -2.38. The summed E-state index contributed by atoms with van der Waals surface area (Å²) in [6.07, 6.45) is 4.68. The highest BCUT2D eigenvalue weighted by Crippen LogP contribution is 2.17. The Labute approximate surface area is 212 Å². The van der Waals surface area contributed by atoms with Crippen molar-refractivity contribution in [3.8, 4) is 0 Å². The molecule has 2 aromatic rings. The van der Waals surface area contributed by atoms with Gasteiger partial charge in [0.1, 0.15) is 5.82 Å². The summed E-state index contributed by atoms with van der Waals surface area (Å²) in [7, 11) is 1.85. The Morgan fingerprint density at radius 1 is 0.939 bits per heavy atom. The Kier molecular flexibility index (Phi) is 9.92. The average molecular weight is 568 g/mol. The molecule has 3 heterocycles. The van der Waals surface area contributed by atoms with Crippen molar-refractivity contribution in [3.63, 3.8) is 0 Å². The number of nitrogens with zero attached hydrogens (tertiary/aromatic N) is 7. The van der Waals surface area contributed by atoms with Crippen molar-refractivity contribution in [2.24, 2.45) is 4.99 Å². The van der Waals surface area contributed by atoms with Crippen molar-refractivity contribution in [1.29, 1.82) is 0 Å². The predicted molar refractivity (Wildman–Crippen MR) is 142 cm³/mol. The Bertz CT molecular complexity index is 851. The first kappa shape index (κ1) is 25.4. The third-order valence-corrected chi connectivity index (χ3v) is 6.12. The van der Waals surface area contributed by atoms with Crippen LogP contribution in [0.3, 0.4) is 0 Å². The molecule has 1 aromatic carbocycles. The Balaban J connectivity index is 0.00000306. The second-order valence-electron chi connectivity index (χ2n) is 8.16. The molecule has 0 radical (unpaired) electrons. The second-order valence-corrected chi connectivity index (χ2v) is 8.16. The number of nitrogens with one attached hydrogen (secondary N) is 1. The van der Waals surface area contributed by atoms with Crippen LogP contribution in [0.4, 0.5) is 16.0 Å². The first-order valence-corrected chi connectivity index (χ1v) is 11.4. The number of benzene rings is 1. The van der Waals surface area contributed by atoms with Crippen molar-refractivity contribution >= 4 is 41.6 Å². The van der Waals surface area contributed by atoms with Gasteiger partial charge in [-0.25, -0.2) is 14.4 Å². The third kappa shape index (κ3) is 7.13. The van der Waals surface area contributed by atoms with Gasteiger partial charge < -0.3 is 20.0 Å². The number of halogens is 2. The molecule has 1 aromatic heterocycles. The molecule has 0 unspecified atom stereocenters. The highest BCUT2D eigenvalue weighted by Gasteiger charge is 2.21. The fourth-order valence-corrected chi connectivity index (χ4v) is 4.29. The van der Waals surface area contributed by atoms with Gasteiger partial charge in [0.2, 0.25) is 5.95 Å². The number of hydrogen-bond donors (Lipinski definition) is 1. The molecular formula is C23H34FIN8. The first-order chi connectivity index (χ1) is 15.7. The van der Waals surface area contributed by atoms with Crippen molar-refractivity contribution in [2.75, 3.05) is 82.3 Å². The number of hydrogen-bond acceptors (Lipinski definition) is 6. The van der Waals surface area contributed by atoms with Crippen LogP contribution in [0.5, 0.6) is 0 Å². The molecule has 0 saturated carbocycles. The quantitative estimate of drug-likeness (QED) is 0.248. The number of guanidine groups is 1. The lowest BCUT2D eigenvalue weighted by atomic mass is 10.2. The summed E-state index contributed by atoms with van der Waals surface area (Å²) in [5.74, 6) is 1.61. The molecule has 0 bridgehead atoms. The van der Waals surface area contributed by atoms with E-state index >= 15 is 0 Å². The van der Waals surface area contributed by atoms with Crippen LogP contribution in [0.25, 0.3) is 0 Å². The minimum atomic E-state index is -0.191. The third-order valence-electron chi connectivity index (χ3n) is 6.12. The van der Waals surface area contributed by atoms with Gasteiger partial charge in [0, 0.05) is 84.0 Å². The van der Waals surface area contributed by atoms with Crippen LogP contribution in [0.1, 0.15) is 6.42 Å². The maximum Gasteiger partial charge on any atom is 0.225 e. The highest BCUT2D eigenvalue weighted by molar-refractivity contribution is 14.0. The monoisotopic (exact) mass is 568 g/mol.